The maximum atomic E-state index is 11.8. The van der Waals surface area contributed by atoms with Crippen molar-refractivity contribution in [2.45, 2.75) is 38.1 Å². The predicted molar refractivity (Wildman–Crippen MR) is 91.0 cm³/mol. The molecule has 2 fully saturated rings. The summed E-state index contributed by atoms with van der Waals surface area (Å²) in [5, 5.41) is 4.13. The van der Waals surface area contributed by atoms with Gasteiger partial charge in [-0.05, 0) is 68.3 Å². The molecule has 0 spiro atoms. The van der Waals surface area contributed by atoms with Crippen LogP contribution in [-0.4, -0.2) is 33.8 Å². The Hall–Kier alpha value is -1.94. The van der Waals surface area contributed by atoms with Gasteiger partial charge in [0, 0.05) is 24.8 Å². The normalized spacial score (nSPS) is 27.3. The molecular formula is C19H23N3O. The lowest BCUT2D eigenvalue weighted by Crippen LogP contribution is -2.29. The second kappa shape index (κ2) is 5.93. The van der Waals surface area contributed by atoms with Gasteiger partial charge in [-0.3, -0.25) is 4.79 Å². The molecule has 1 aliphatic heterocycles. The zero-order valence-corrected chi connectivity index (χ0v) is 13.6. The molecule has 0 bridgehead atoms. The highest BCUT2D eigenvalue weighted by Gasteiger charge is 2.40. The monoisotopic (exact) mass is 309 g/mol. The summed E-state index contributed by atoms with van der Waals surface area (Å²) >= 11 is 0. The molecule has 23 heavy (non-hydrogen) atoms. The third kappa shape index (κ3) is 2.95. The molecule has 0 amide bonds. The Bertz CT molecular complexity index is 737. The Morgan fingerprint density at radius 2 is 2.04 bits per heavy atom. The SMILES string of the molecule is C[C@@H]1CCCN1C[C@H]1C[C@@H]1c1ccc(-n2ncccc2=O)cc1. The Morgan fingerprint density at radius 3 is 2.74 bits per heavy atom. The van der Waals surface area contributed by atoms with Gasteiger partial charge >= 0.3 is 0 Å². The second-order valence-electron chi connectivity index (χ2n) is 6.95. The predicted octanol–water partition coefficient (Wildman–Crippen LogP) is 2.82. The van der Waals surface area contributed by atoms with Crippen LogP contribution < -0.4 is 5.56 Å². The van der Waals surface area contributed by atoms with E-state index >= 15 is 0 Å². The van der Waals surface area contributed by atoms with Crippen molar-refractivity contribution < 1.29 is 0 Å². The highest BCUT2D eigenvalue weighted by atomic mass is 16.1. The van der Waals surface area contributed by atoms with E-state index in [0.717, 1.165) is 17.6 Å². The molecule has 1 saturated heterocycles. The van der Waals surface area contributed by atoms with Crippen LogP contribution in [0.15, 0.2) is 47.4 Å². The van der Waals surface area contributed by atoms with E-state index in [1.807, 2.05) is 12.1 Å². The largest absolute Gasteiger partial charge is 0.300 e. The third-order valence-corrected chi connectivity index (χ3v) is 5.36. The molecule has 1 aromatic heterocycles. The van der Waals surface area contributed by atoms with Crippen molar-refractivity contribution in [3.05, 3.63) is 58.5 Å². The molecule has 4 nitrogen and oxygen atoms in total. The van der Waals surface area contributed by atoms with Gasteiger partial charge in [0.15, 0.2) is 0 Å². The summed E-state index contributed by atoms with van der Waals surface area (Å²) in [5.74, 6) is 1.50. The van der Waals surface area contributed by atoms with Crippen LogP contribution in [0.5, 0.6) is 0 Å². The number of hydrogen-bond acceptors (Lipinski definition) is 3. The summed E-state index contributed by atoms with van der Waals surface area (Å²) in [5.41, 5.74) is 2.15. The first-order valence-corrected chi connectivity index (χ1v) is 8.61. The number of benzene rings is 1. The summed E-state index contributed by atoms with van der Waals surface area (Å²) in [4.78, 5) is 14.5. The summed E-state index contributed by atoms with van der Waals surface area (Å²) < 4.78 is 1.44. The van der Waals surface area contributed by atoms with E-state index in [0.29, 0.717) is 5.92 Å². The Labute approximate surface area is 136 Å². The fourth-order valence-corrected chi connectivity index (χ4v) is 3.84. The van der Waals surface area contributed by atoms with E-state index < -0.39 is 0 Å². The van der Waals surface area contributed by atoms with Crippen LogP contribution in [0.25, 0.3) is 5.69 Å². The van der Waals surface area contributed by atoms with Crippen molar-refractivity contribution >= 4 is 0 Å². The summed E-state index contributed by atoms with van der Waals surface area (Å²) in [6.45, 7) is 4.86. The molecule has 0 unspecified atom stereocenters. The Kier molecular flexibility index (Phi) is 3.77. The van der Waals surface area contributed by atoms with Crippen LogP contribution >= 0.6 is 0 Å². The quantitative estimate of drug-likeness (QED) is 0.871. The topological polar surface area (TPSA) is 38.1 Å². The van der Waals surface area contributed by atoms with Gasteiger partial charge in [0.25, 0.3) is 5.56 Å². The lowest BCUT2D eigenvalue weighted by molar-refractivity contribution is 0.256. The Balaban J connectivity index is 1.44. The molecule has 3 atom stereocenters. The summed E-state index contributed by atoms with van der Waals surface area (Å²) in [6, 6.07) is 12.3. The summed E-state index contributed by atoms with van der Waals surface area (Å²) in [6.07, 6.45) is 5.65. The lowest BCUT2D eigenvalue weighted by Gasteiger charge is -2.20. The van der Waals surface area contributed by atoms with Crippen molar-refractivity contribution in [1.82, 2.24) is 14.7 Å². The highest BCUT2D eigenvalue weighted by molar-refractivity contribution is 5.37. The molecule has 2 heterocycles. The molecule has 1 saturated carbocycles. The van der Waals surface area contributed by atoms with Gasteiger partial charge in [-0.1, -0.05) is 12.1 Å². The number of hydrogen-bond donors (Lipinski definition) is 0. The maximum Gasteiger partial charge on any atom is 0.271 e. The van der Waals surface area contributed by atoms with Gasteiger partial charge in [0.05, 0.1) is 5.69 Å². The average molecular weight is 309 g/mol. The van der Waals surface area contributed by atoms with Gasteiger partial charge in [0.2, 0.25) is 0 Å². The molecular weight excluding hydrogens is 286 g/mol. The molecule has 4 heteroatoms. The lowest BCUT2D eigenvalue weighted by atomic mass is 10.1. The van der Waals surface area contributed by atoms with Gasteiger partial charge in [-0.2, -0.15) is 9.78 Å². The van der Waals surface area contributed by atoms with Gasteiger partial charge < -0.3 is 4.90 Å². The van der Waals surface area contributed by atoms with E-state index in [1.165, 1.54) is 48.7 Å². The fourth-order valence-electron chi connectivity index (χ4n) is 3.84. The van der Waals surface area contributed by atoms with E-state index in [2.05, 4.69) is 29.1 Å². The summed E-state index contributed by atoms with van der Waals surface area (Å²) in [7, 11) is 0. The third-order valence-electron chi connectivity index (χ3n) is 5.36. The highest BCUT2D eigenvalue weighted by Crippen LogP contribution is 2.48. The van der Waals surface area contributed by atoms with Crippen LogP contribution in [0, 0.1) is 5.92 Å². The molecule has 4 rings (SSSR count). The van der Waals surface area contributed by atoms with Gasteiger partial charge in [-0.15, -0.1) is 0 Å². The number of likely N-dealkylation sites (tertiary alicyclic amines) is 1. The van der Waals surface area contributed by atoms with E-state index in [4.69, 9.17) is 0 Å². The van der Waals surface area contributed by atoms with Crippen LogP contribution in [0.1, 0.15) is 37.7 Å². The van der Waals surface area contributed by atoms with Crippen molar-refractivity contribution in [1.29, 1.82) is 0 Å². The Morgan fingerprint density at radius 1 is 1.22 bits per heavy atom. The molecule has 1 aromatic carbocycles. The van der Waals surface area contributed by atoms with Crippen molar-refractivity contribution in [3.63, 3.8) is 0 Å². The fraction of sp³-hybridized carbons (Fsp3) is 0.474. The average Bonchev–Trinajstić information content (AvgIpc) is 3.22. The molecule has 0 N–H and O–H groups in total. The first-order chi connectivity index (χ1) is 11.2. The van der Waals surface area contributed by atoms with Crippen LogP contribution in [-0.2, 0) is 0 Å². The minimum Gasteiger partial charge on any atom is -0.300 e. The van der Waals surface area contributed by atoms with Gasteiger partial charge in [0.1, 0.15) is 0 Å². The van der Waals surface area contributed by atoms with Crippen LogP contribution in [0.3, 0.4) is 0 Å². The van der Waals surface area contributed by atoms with E-state index in [9.17, 15) is 4.79 Å². The van der Waals surface area contributed by atoms with Crippen molar-refractivity contribution in [3.8, 4) is 5.69 Å². The van der Waals surface area contributed by atoms with Crippen molar-refractivity contribution in [2.24, 2.45) is 5.92 Å². The maximum absolute atomic E-state index is 11.8. The van der Waals surface area contributed by atoms with Gasteiger partial charge in [-0.25, -0.2) is 0 Å². The molecule has 1 aliphatic carbocycles. The number of rotatable bonds is 4. The zero-order valence-electron chi connectivity index (χ0n) is 13.6. The minimum atomic E-state index is -0.0902. The molecule has 2 aromatic rings. The standard InChI is InChI=1S/C19H23N3O/c1-14-4-3-11-21(14)13-16-12-18(16)15-6-8-17(9-7-15)22-19(23)5-2-10-20-22/h2,5-10,14,16,18H,3-4,11-13H2,1H3/t14-,16-,18-/m1/s1. The zero-order chi connectivity index (χ0) is 15.8. The second-order valence-corrected chi connectivity index (χ2v) is 6.95. The number of nitrogens with zero attached hydrogens (tertiary/aromatic N) is 3. The molecule has 2 aliphatic rings. The smallest absolute Gasteiger partial charge is 0.271 e. The van der Waals surface area contributed by atoms with Crippen LogP contribution in [0.4, 0.5) is 0 Å². The van der Waals surface area contributed by atoms with E-state index in [1.54, 1.807) is 12.3 Å². The van der Waals surface area contributed by atoms with E-state index in [-0.39, 0.29) is 5.56 Å². The van der Waals surface area contributed by atoms with Crippen molar-refractivity contribution in [2.75, 3.05) is 13.1 Å². The number of aromatic nitrogens is 2. The first kappa shape index (κ1) is 14.6. The first-order valence-electron chi connectivity index (χ1n) is 8.61. The van der Waals surface area contributed by atoms with Crippen LogP contribution in [0.2, 0.25) is 0 Å². The minimum absolute atomic E-state index is 0.0902. The molecule has 120 valence electrons. The molecule has 0 radical (unpaired) electrons.